The van der Waals surface area contributed by atoms with Crippen LogP contribution in [0.3, 0.4) is 0 Å². The third-order valence-corrected chi connectivity index (χ3v) is 5.38. The standard InChI is InChI=1S/C20H27N3O2/c1-14-4-5-16-11-23(12-17(16)10-14)13-20(25)21-18-6-8-19(9-7-18)22(3)15(2)24/h4,6-9,16-17H,5,10-13H2,1-3H3,(H,21,25)/t16-,17+/m0/s1. The van der Waals surface area contributed by atoms with E-state index in [0.29, 0.717) is 18.4 Å². The molecular formula is C20H27N3O2. The Morgan fingerprint density at radius 3 is 2.56 bits per heavy atom. The Morgan fingerprint density at radius 2 is 1.88 bits per heavy atom. The van der Waals surface area contributed by atoms with Crippen molar-refractivity contribution in [2.45, 2.75) is 26.7 Å². The minimum Gasteiger partial charge on any atom is -0.325 e. The fourth-order valence-electron chi connectivity index (χ4n) is 3.87. The van der Waals surface area contributed by atoms with Crippen molar-refractivity contribution in [2.75, 3.05) is 36.9 Å². The summed E-state index contributed by atoms with van der Waals surface area (Å²) in [5, 5.41) is 2.96. The van der Waals surface area contributed by atoms with E-state index in [1.54, 1.807) is 11.9 Å². The highest BCUT2D eigenvalue weighted by atomic mass is 16.2. The maximum absolute atomic E-state index is 12.3. The molecule has 5 heteroatoms. The summed E-state index contributed by atoms with van der Waals surface area (Å²) in [6.45, 7) is 6.22. The largest absolute Gasteiger partial charge is 0.325 e. The van der Waals surface area contributed by atoms with Gasteiger partial charge in [-0.25, -0.2) is 0 Å². The Kier molecular flexibility index (Phi) is 5.23. The first-order valence-electron chi connectivity index (χ1n) is 8.94. The summed E-state index contributed by atoms with van der Waals surface area (Å²) in [7, 11) is 1.74. The SMILES string of the molecule is CC(=O)N(C)c1ccc(NC(=O)CN2C[C@H]3CC(C)=CC[C@H]3C2)cc1. The second-order valence-electron chi connectivity index (χ2n) is 7.38. The van der Waals surface area contributed by atoms with Crippen molar-refractivity contribution in [3.63, 3.8) is 0 Å². The molecule has 1 aliphatic carbocycles. The van der Waals surface area contributed by atoms with Crippen LogP contribution >= 0.6 is 0 Å². The minimum absolute atomic E-state index is 0.0167. The molecule has 3 rings (SSSR count). The summed E-state index contributed by atoms with van der Waals surface area (Å²) in [5.41, 5.74) is 3.07. The Morgan fingerprint density at radius 1 is 1.20 bits per heavy atom. The lowest BCUT2D eigenvalue weighted by molar-refractivity contribution is -0.117. The third kappa shape index (κ3) is 4.28. The minimum atomic E-state index is -0.0167. The molecule has 5 nitrogen and oxygen atoms in total. The molecule has 0 aromatic heterocycles. The van der Waals surface area contributed by atoms with Crippen molar-refractivity contribution >= 4 is 23.2 Å². The summed E-state index contributed by atoms with van der Waals surface area (Å²) >= 11 is 0. The highest BCUT2D eigenvalue weighted by Crippen LogP contribution is 2.35. The van der Waals surface area contributed by atoms with Gasteiger partial charge in [0.2, 0.25) is 11.8 Å². The number of hydrogen-bond acceptors (Lipinski definition) is 3. The first-order chi connectivity index (χ1) is 11.9. The number of likely N-dealkylation sites (tertiary alicyclic amines) is 1. The van der Waals surface area contributed by atoms with E-state index in [1.165, 1.54) is 18.9 Å². The van der Waals surface area contributed by atoms with Gasteiger partial charge >= 0.3 is 0 Å². The molecule has 0 spiro atoms. The van der Waals surface area contributed by atoms with Crippen LogP contribution in [0.15, 0.2) is 35.9 Å². The molecule has 2 atom stereocenters. The van der Waals surface area contributed by atoms with E-state index in [4.69, 9.17) is 0 Å². The second-order valence-corrected chi connectivity index (χ2v) is 7.38. The van der Waals surface area contributed by atoms with Crippen molar-refractivity contribution in [1.82, 2.24) is 4.90 Å². The van der Waals surface area contributed by atoms with E-state index >= 15 is 0 Å². The predicted molar refractivity (Wildman–Crippen MR) is 101 cm³/mol. The number of nitrogens with one attached hydrogen (secondary N) is 1. The molecular weight excluding hydrogens is 314 g/mol. The summed E-state index contributed by atoms with van der Waals surface area (Å²) in [5.74, 6) is 1.42. The highest BCUT2D eigenvalue weighted by molar-refractivity contribution is 5.93. The number of fused-ring (bicyclic) bond motifs is 1. The summed E-state index contributed by atoms with van der Waals surface area (Å²) in [6, 6.07) is 7.36. The van der Waals surface area contributed by atoms with Crippen LogP contribution in [0, 0.1) is 11.8 Å². The zero-order valence-corrected chi connectivity index (χ0v) is 15.3. The number of hydrogen-bond donors (Lipinski definition) is 1. The molecule has 1 fully saturated rings. The van der Waals surface area contributed by atoms with E-state index in [-0.39, 0.29) is 11.8 Å². The lowest BCUT2D eigenvalue weighted by Crippen LogP contribution is -2.31. The van der Waals surface area contributed by atoms with Gasteiger partial charge in [0.15, 0.2) is 0 Å². The van der Waals surface area contributed by atoms with Crippen LogP contribution in [0.25, 0.3) is 0 Å². The van der Waals surface area contributed by atoms with Crippen LogP contribution in [-0.4, -0.2) is 43.4 Å². The van der Waals surface area contributed by atoms with Gasteiger partial charge in [-0.1, -0.05) is 11.6 Å². The summed E-state index contributed by atoms with van der Waals surface area (Å²) in [4.78, 5) is 27.6. The highest BCUT2D eigenvalue weighted by Gasteiger charge is 2.34. The topological polar surface area (TPSA) is 52.7 Å². The van der Waals surface area contributed by atoms with Crippen molar-refractivity contribution in [2.24, 2.45) is 11.8 Å². The molecule has 1 saturated heterocycles. The molecule has 1 aromatic carbocycles. The molecule has 0 saturated carbocycles. The van der Waals surface area contributed by atoms with Crippen LogP contribution in [0.1, 0.15) is 26.7 Å². The first-order valence-corrected chi connectivity index (χ1v) is 8.94. The molecule has 0 radical (unpaired) electrons. The van der Waals surface area contributed by atoms with Gasteiger partial charge in [0.05, 0.1) is 6.54 Å². The summed E-state index contributed by atoms with van der Waals surface area (Å²) < 4.78 is 0. The number of carbonyl (C=O) groups is 2. The normalized spacial score (nSPS) is 22.9. The predicted octanol–water partition coefficient (Wildman–Crippen LogP) is 2.90. The van der Waals surface area contributed by atoms with Gasteiger partial charge in [-0.05, 0) is 55.9 Å². The van der Waals surface area contributed by atoms with Crippen molar-refractivity contribution < 1.29 is 9.59 Å². The first kappa shape index (κ1) is 17.7. The lowest BCUT2D eigenvalue weighted by atomic mass is 9.83. The van der Waals surface area contributed by atoms with Crippen LogP contribution in [0.5, 0.6) is 0 Å². The Bertz CT molecular complexity index is 681. The van der Waals surface area contributed by atoms with Gasteiger partial charge < -0.3 is 10.2 Å². The molecule has 2 aliphatic rings. The van der Waals surface area contributed by atoms with E-state index < -0.39 is 0 Å². The van der Waals surface area contributed by atoms with Crippen molar-refractivity contribution in [3.8, 4) is 0 Å². The number of carbonyl (C=O) groups excluding carboxylic acids is 2. The number of amides is 2. The van der Waals surface area contributed by atoms with Gasteiger partial charge in [0.25, 0.3) is 0 Å². The van der Waals surface area contributed by atoms with Gasteiger partial charge in [0.1, 0.15) is 0 Å². The Labute approximate surface area is 149 Å². The Balaban J connectivity index is 1.51. The zero-order valence-electron chi connectivity index (χ0n) is 15.3. The average molecular weight is 341 g/mol. The molecule has 1 N–H and O–H groups in total. The lowest BCUT2D eigenvalue weighted by Gasteiger charge is -2.22. The molecule has 2 amide bonds. The van der Waals surface area contributed by atoms with E-state index in [0.717, 1.165) is 30.9 Å². The maximum Gasteiger partial charge on any atom is 0.238 e. The Hall–Kier alpha value is -2.14. The van der Waals surface area contributed by atoms with Gasteiger partial charge in [-0.3, -0.25) is 14.5 Å². The van der Waals surface area contributed by atoms with Gasteiger partial charge in [0, 0.05) is 38.4 Å². The average Bonchev–Trinajstić information content (AvgIpc) is 2.95. The van der Waals surface area contributed by atoms with Crippen molar-refractivity contribution in [3.05, 3.63) is 35.9 Å². The van der Waals surface area contributed by atoms with Gasteiger partial charge in [-0.15, -0.1) is 0 Å². The maximum atomic E-state index is 12.3. The molecule has 0 bridgehead atoms. The quantitative estimate of drug-likeness (QED) is 0.857. The van der Waals surface area contributed by atoms with E-state index in [1.807, 2.05) is 24.3 Å². The molecule has 25 heavy (non-hydrogen) atoms. The fourth-order valence-corrected chi connectivity index (χ4v) is 3.87. The number of anilines is 2. The van der Waals surface area contributed by atoms with Crippen LogP contribution in [0.4, 0.5) is 11.4 Å². The molecule has 134 valence electrons. The van der Waals surface area contributed by atoms with E-state index in [9.17, 15) is 9.59 Å². The number of rotatable bonds is 4. The number of benzene rings is 1. The van der Waals surface area contributed by atoms with Crippen LogP contribution < -0.4 is 10.2 Å². The number of allylic oxidation sites excluding steroid dienone is 2. The fraction of sp³-hybridized carbons (Fsp3) is 0.500. The molecule has 1 heterocycles. The molecule has 1 aliphatic heterocycles. The van der Waals surface area contributed by atoms with Crippen LogP contribution in [-0.2, 0) is 9.59 Å². The van der Waals surface area contributed by atoms with Gasteiger partial charge in [-0.2, -0.15) is 0 Å². The number of nitrogens with zero attached hydrogens (tertiary/aromatic N) is 2. The smallest absolute Gasteiger partial charge is 0.238 e. The van der Waals surface area contributed by atoms with E-state index in [2.05, 4.69) is 23.2 Å². The monoisotopic (exact) mass is 341 g/mol. The zero-order chi connectivity index (χ0) is 18.0. The van der Waals surface area contributed by atoms with Crippen LogP contribution in [0.2, 0.25) is 0 Å². The summed E-state index contributed by atoms with van der Waals surface area (Å²) in [6.07, 6.45) is 4.68. The second kappa shape index (κ2) is 7.40. The van der Waals surface area contributed by atoms with Crippen molar-refractivity contribution in [1.29, 1.82) is 0 Å². The molecule has 0 unspecified atom stereocenters. The third-order valence-electron chi connectivity index (χ3n) is 5.38. The molecule has 1 aromatic rings.